The molecule has 0 amide bonds. The van der Waals surface area contributed by atoms with E-state index in [1.54, 1.807) is 14.2 Å². The molecule has 2 N–H and O–H groups in total. The first-order chi connectivity index (χ1) is 26.6. The summed E-state index contributed by atoms with van der Waals surface area (Å²) in [4.78, 5) is 29.2. The maximum Gasteiger partial charge on any atom is 1.00 e. The van der Waals surface area contributed by atoms with Crippen molar-refractivity contribution in [1.82, 2.24) is 0 Å². The van der Waals surface area contributed by atoms with Crippen LogP contribution in [0.4, 0.5) is 0 Å². The summed E-state index contributed by atoms with van der Waals surface area (Å²) in [5, 5.41) is 23.3. The number of quaternary nitrogens is 2. The smallest absolute Gasteiger partial charge is 1.00 e. The molecule has 0 radical (unpaired) electrons. The largest absolute Gasteiger partial charge is 1.00 e. The molecule has 0 spiro atoms. The first kappa shape index (κ1) is 72.8. The Bertz CT molecular complexity index is 1710. The van der Waals surface area contributed by atoms with E-state index in [1.165, 1.54) is 29.6 Å². The van der Waals surface area contributed by atoms with Crippen LogP contribution in [0.2, 0.25) is 0 Å². The molecule has 342 valence electrons. The molecule has 0 bridgehead atoms. The Hall–Kier alpha value is -0.830. The average molecular weight is 1080 g/mol. The van der Waals surface area contributed by atoms with E-state index >= 15 is 0 Å². The van der Waals surface area contributed by atoms with Gasteiger partial charge in [0.15, 0.2) is 0 Å². The van der Waals surface area contributed by atoms with Gasteiger partial charge in [0, 0.05) is 51.7 Å². The van der Waals surface area contributed by atoms with Crippen LogP contribution in [0.15, 0.2) is 114 Å². The molecule has 18 heteroatoms. The molecule has 2 aliphatic heterocycles. The van der Waals surface area contributed by atoms with Crippen molar-refractivity contribution in [2.75, 3.05) is 74.8 Å². The van der Waals surface area contributed by atoms with Crippen molar-refractivity contribution in [2.24, 2.45) is 0 Å². The fourth-order valence-corrected chi connectivity index (χ4v) is 6.47. The molecule has 62 heavy (non-hydrogen) atoms. The molecule has 2 heterocycles. The van der Waals surface area contributed by atoms with Crippen molar-refractivity contribution in [3.8, 4) is 22.6 Å². The first-order valence-corrected chi connectivity index (χ1v) is 18.6. The third kappa shape index (κ3) is 28.9. The molecule has 0 unspecified atom stereocenters. The molecule has 13 nitrogen and oxygen atoms in total. The SMILES string of the molecule is C.C.C.CC(=O)O.CC(=O)O.COc1cccc(-c2ccccc2)c1.COc1cccc(Br)c1.C[N+](C)(C)CCC[N+]12CCO[B-]1(c1ccccc1)OCC2.O=CO[O-].[H-].[K+].[K+].[Pd]. The second-order valence-corrected chi connectivity index (χ2v) is 14.5. The van der Waals surface area contributed by atoms with Crippen LogP contribution >= 0.6 is 15.9 Å². The van der Waals surface area contributed by atoms with E-state index in [0.29, 0.717) is 0 Å². The van der Waals surface area contributed by atoms with Gasteiger partial charge in [0.25, 0.3) is 18.4 Å². The number of carboxylic acid groups (broad SMARTS) is 2. The third-order valence-electron chi connectivity index (χ3n) is 8.38. The number of hydrogen-bond donors (Lipinski definition) is 2. The molecular formula is C44H69BBrK2N2O11Pd+. The summed E-state index contributed by atoms with van der Waals surface area (Å²) in [6.07, 6.45) is 1.21. The molecule has 0 atom stereocenters. The van der Waals surface area contributed by atoms with Crippen LogP contribution in [0.25, 0.3) is 11.1 Å². The number of aliphatic carboxylic acids is 2. The zero-order valence-corrected chi connectivity index (χ0v) is 45.0. The Balaban J connectivity index is -0.000000131. The molecule has 2 aliphatic rings. The normalized spacial score (nSPS) is 15.6. The molecule has 0 saturated carbocycles. The van der Waals surface area contributed by atoms with E-state index in [0.717, 1.165) is 71.5 Å². The summed E-state index contributed by atoms with van der Waals surface area (Å²) in [6.45, 7) is 6.82. The molecule has 2 saturated heterocycles. The van der Waals surface area contributed by atoms with Gasteiger partial charge < -0.3 is 49.4 Å². The van der Waals surface area contributed by atoms with Crippen LogP contribution in [-0.2, 0) is 49.0 Å². The maximum absolute atomic E-state index is 9.00. The van der Waals surface area contributed by atoms with Gasteiger partial charge >= 0.3 is 109 Å². The summed E-state index contributed by atoms with van der Waals surface area (Å²) >= 11 is 3.32. The average Bonchev–Trinajstić information content (AvgIpc) is 3.71. The van der Waals surface area contributed by atoms with Crippen molar-refractivity contribution >= 4 is 46.5 Å². The summed E-state index contributed by atoms with van der Waals surface area (Å²) in [5.74, 6) is 0.107. The molecule has 6 rings (SSSR count). The van der Waals surface area contributed by atoms with E-state index in [4.69, 9.17) is 48.6 Å². The topological polar surface area (TPSA) is 161 Å². The molecule has 4 aromatic carbocycles. The monoisotopic (exact) mass is 1080 g/mol. The van der Waals surface area contributed by atoms with Gasteiger partial charge in [-0.05, 0) is 41.5 Å². The van der Waals surface area contributed by atoms with Gasteiger partial charge in [-0.1, -0.05) is 123 Å². The molecule has 4 aromatic rings. The Kier molecular flexibility index (Phi) is 47.5. The Morgan fingerprint density at radius 1 is 0.774 bits per heavy atom. The van der Waals surface area contributed by atoms with Gasteiger partial charge in [-0.15, -0.1) is 0 Å². The molecular weight excluding hydrogens is 1010 g/mol. The van der Waals surface area contributed by atoms with Gasteiger partial charge in [0.2, 0.25) is 0 Å². The molecule has 0 aromatic heterocycles. The van der Waals surface area contributed by atoms with E-state index in [-0.39, 0.29) is 153 Å². The predicted molar refractivity (Wildman–Crippen MR) is 240 cm³/mol. The minimum absolute atomic E-state index is 0. The number of carbonyl (C=O) groups excluding carboxylic acids is 1. The minimum atomic E-state index is -1.33. The number of ether oxygens (including phenoxy) is 2. The number of benzene rings is 4. The first-order valence-electron chi connectivity index (χ1n) is 17.8. The van der Waals surface area contributed by atoms with Crippen molar-refractivity contribution in [3.05, 3.63) is 114 Å². The second-order valence-electron chi connectivity index (χ2n) is 13.6. The van der Waals surface area contributed by atoms with Crippen LogP contribution in [0.5, 0.6) is 11.5 Å². The van der Waals surface area contributed by atoms with Gasteiger partial charge in [-0.3, -0.25) is 14.4 Å². The fourth-order valence-electron chi connectivity index (χ4n) is 6.09. The van der Waals surface area contributed by atoms with Crippen molar-refractivity contribution in [1.29, 1.82) is 0 Å². The van der Waals surface area contributed by atoms with Crippen LogP contribution in [0.3, 0.4) is 0 Å². The minimum Gasteiger partial charge on any atom is -1.00 e. The third-order valence-corrected chi connectivity index (χ3v) is 8.88. The Labute approximate surface area is 480 Å². The van der Waals surface area contributed by atoms with E-state index < -0.39 is 18.6 Å². The van der Waals surface area contributed by atoms with Crippen LogP contribution in [-0.4, -0.2) is 119 Å². The van der Waals surface area contributed by atoms with Crippen molar-refractivity contribution < 1.29 is 187 Å². The second kappa shape index (κ2) is 40.4. The van der Waals surface area contributed by atoms with Crippen molar-refractivity contribution in [3.63, 3.8) is 0 Å². The number of hydrogen-bond acceptors (Lipinski definition) is 9. The Morgan fingerprint density at radius 3 is 1.56 bits per heavy atom. The summed E-state index contributed by atoms with van der Waals surface area (Å²) in [6, 6.07) is 36.7. The van der Waals surface area contributed by atoms with Crippen molar-refractivity contribution in [2.45, 2.75) is 42.5 Å². The molecule has 0 aliphatic carbocycles. The quantitative estimate of drug-likeness (QED) is 0.0818. The van der Waals surface area contributed by atoms with Crippen LogP contribution in [0, 0.1) is 0 Å². The number of carboxylic acids is 2. The zero-order valence-electron chi connectivity index (χ0n) is 36.7. The maximum atomic E-state index is 9.00. The van der Waals surface area contributed by atoms with Crippen LogP contribution in [0.1, 0.15) is 44.0 Å². The van der Waals surface area contributed by atoms with E-state index in [2.05, 4.69) is 90.5 Å². The van der Waals surface area contributed by atoms with E-state index in [1.807, 2.05) is 60.7 Å². The summed E-state index contributed by atoms with van der Waals surface area (Å²) < 4.78 is 25.7. The standard InChI is InChI=1S/C16H28BN2O2.C13H12O.C7H7BrO.2C2H4O2.CH2O3.3CH4.2K.Pd.H/c1-18(2,3)10-7-11-19-12-14-20-17(19,21-15-13-19)16-8-5-4-6-9-16;1-14-13-9-5-8-12(10-13)11-6-3-2-4-7-11;1-9-7-4-2-3-6(8)5-7;2*1-2(3)4;2-1-4-3;;;;;;;/h4-6,8-9H,7,10-15H2,1-3H3;2-10H,1H3;2-5H,1H3;2*1H3,(H,3,4);1,3H;3*1H4;;;;/q+1;;;;;;;;;2*+1;;-1/p-1. The van der Waals surface area contributed by atoms with Gasteiger partial charge in [0.05, 0.1) is 68.2 Å². The number of rotatable bonds is 9. The predicted octanol–water partition coefficient (Wildman–Crippen LogP) is 1.27. The number of fused-ring (bicyclic) bond motifs is 1. The van der Waals surface area contributed by atoms with Gasteiger partial charge in [-0.25, -0.2) is 0 Å². The van der Waals surface area contributed by atoms with Gasteiger partial charge in [-0.2, -0.15) is 0 Å². The fraction of sp³-hybridized carbons (Fsp3) is 0.386. The van der Waals surface area contributed by atoms with E-state index in [9.17, 15) is 0 Å². The summed E-state index contributed by atoms with van der Waals surface area (Å²) in [7, 11) is 10.1. The summed E-state index contributed by atoms with van der Waals surface area (Å²) in [5.41, 5.74) is 3.63. The zero-order chi connectivity index (χ0) is 42.0. The van der Waals surface area contributed by atoms with Crippen LogP contribution < -0.4 is 123 Å². The number of halogens is 1. The number of methoxy groups -OCH3 is 2. The number of nitrogens with zero attached hydrogens (tertiary/aromatic N) is 2. The molecule has 2 fully saturated rings. The van der Waals surface area contributed by atoms with Gasteiger partial charge in [0.1, 0.15) is 11.5 Å². The number of carbonyl (C=O) groups is 3. The Morgan fingerprint density at radius 2 is 1.18 bits per heavy atom.